The molecule has 4 rings (SSSR count). The molecule has 1 amide bonds. The molecule has 0 spiro atoms. The van der Waals surface area contributed by atoms with E-state index in [9.17, 15) is 9.59 Å². The zero-order valence-electron chi connectivity index (χ0n) is 17.1. The van der Waals surface area contributed by atoms with E-state index in [0.29, 0.717) is 25.4 Å². The van der Waals surface area contributed by atoms with Crippen molar-refractivity contribution in [2.24, 2.45) is 5.92 Å². The highest BCUT2D eigenvalue weighted by Gasteiger charge is 2.44. The van der Waals surface area contributed by atoms with Gasteiger partial charge in [0.15, 0.2) is 6.61 Å². The molecular weight excluding hydrogens is 461 g/mol. The molecule has 3 heterocycles. The summed E-state index contributed by atoms with van der Waals surface area (Å²) in [6.07, 6.45) is 0.161. The van der Waals surface area contributed by atoms with Gasteiger partial charge in [-0.05, 0) is 37.0 Å². The summed E-state index contributed by atoms with van der Waals surface area (Å²) in [6, 6.07) is 12.8. The number of likely N-dealkylation sites (tertiary alicyclic amines) is 1. The molecule has 1 aromatic heterocycles. The number of carbonyl (C=O) groups excluding carboxylic acids is 1. The number of carbonyl (C=O) groups is 1. The topological polar surface area (TPSA) is 63.6 Å². The SMILES string of the molecule is Cc1ccccc1OCC(=O)NC(N1C[C@H]2C[C@@H](C1)c1cccc(=O)n1C2)C(Cl)(Cl)Cl. The van der Waals surface area contributed by atoms with Crippen LogP contribution in [0.2, 0.25) is 0 Å². The molecule has 166 valence electrons. The van der Waals surface area contributed by atoms with Crippen LogP contribution in [0.3, 0.4) is 0 Å². The minimum atomic E-state index is -1.72. The lowest BCUT2D eigenvalue weighted by atomic mass is 9.83. The number of para-hydroxylation sites is 1. The average molecular weight is 485 g/mol. The van der Waals surface area contributed by atoms with Crippen LogP contribution in [-0.2, 0) is 11.3 Å². The molecule has 1 fully saturated rings. The minimum Gasteiger partial charge on any atom is -0.484 e. The van der Waals surface area contributed by atoms with Gasteiger partial charge in [-0.25, -0.2) is 0 Å². The van der Waals surface area contributed by atoms with Gasteiger partial charge >= 0.3 is 0 Å². The van der Waals surface area contributed by atoms with Crippen LogP contribution in [0.25, 0.3) is 0 Å². The summed E-state index contributed by atoms with van der Waals surface area (Å²) < 4.78 is 5.76. The highest BCUT2D eigenvalue weighted by atomic mass is 35.6. The molecule has 1 aromatic carbocycles. The van der Waals surface area contributed by atoms with E-state index in [4.69, 9.17) is 39.5 Å². The van der Waals surface area contributed by atoms with Crippen LogP contribution in [0.1, 0.15) is 23.6 Å². The number of hydrogen-bond donors (Lipinski definition) is 1. The van der Waals surface area contributed by atoms with Gasteiger partial charge in [0, 0.05) is 37.3 Å². The maximum Gasteiger partial charge on any atom is 0.259 e. The Labute approximate surface area is 196 Å². The number of pyridine rings is 1. The average Bonchev–Trinajstić information content (AvgIpc) is 2.71. The number of ether oxygens (including phenoxy) is 1. The molecule has 31 heavy (non-hydrogen) atoms. The fraction of sp³-hybridized carbons (Fsp3) is 0.455. The molecule has 1 unspecified atom stereocenters. The standard InChI is InChI=1S/C22H24Cl3N3O3/c1-14-5-2-3-7-18(14)31-13-19(29)26-21(22(23,24)25)27-10-15-9-16(12-27)17-6-4-8-20(30)28(17)11-15/h2-8,15-16,21H,9-13H2,1H3,(H,26,29)/t15-,16+,21?/m1/s1. The van der Waals surface area contributed by atoms with Gasteiger partial charge in [0.1, 0.15) is 11.9 Å². The Morgan fingerprint density at radius 1 is 1.16 bits per heavy atom. The quantitative estimate of drug-likeness (QED) is 0.660. The van der Waals surface area contributed by atoms with Crippen molar-refractivity contribution in [3.8, 4) is 5.75 Å². The molecule has 1 saturated heterocycles. The van der Waals surface area contributed by atoms with Crippen molar-refractivity contribution in [3.63, 3.8) is 0 Å². The first kappa shape index (κ1) is 22.5. The Morgan fingerprint density at radius 2 is 1.94 bits per heavy atom. The number of nitrogens with zero attached hydrogens (tertiary/aromatic N) is 2. The fourth-order valence-corrected chi connectivity index (χ4v) is 5.16. The molecular formula is C22H24Cl3N3O3. The van der Waals surface area contributed by atoms with Gasteiger partial charge in [0.25, 0.3) is 11.5 Å². The normalized spacial score (nSPS) is 21.8. The van der Waals surface area contributed by atoms with Crippen LogP contribution in [0.15, 0.2) is 47.3 Å². The third kappa shape index (κ3) is 5.03. The first-order valence-electron chi connectivity index (χ1n) is 10.2. The lowest BCUT2D eigenvalue weighted by Crippen LogP contribution is -2.60. The molecule has 2 aliphatic rings. The summed E-state index contributed by atoms with van der Waals surface area (Å²) in [7, 11) is 0. The monoisotopic (exact) mass is 483 g/mol. The molecule has 3 atom stereocenters. The Morgan fingerprint density at radius 3 is 2.68 bits per heavy atom. The first-order valence-corrected chi connectivity index (χ1v) is 11.3. The number of rotatable bonds is 5. The van der Waals surface area contributed by atoms with Gasteiger partial charge in [-0.1, -0.05) is 59.1 Å². The minimum absolute atomic E-state index is 0.0141. The third-order valence-electron chi connectivity index (χ3n) is 5.93. The van der Waals surface area contributed by atoms with E-state index in [1.165, 1.54) is 0 Å². The summed E-state index contributed by atoms with van der Waals surface area (Å²) in [5.41, 5.74) is 1.94. The molecule has 9 heteroatoms. The summed E-state index contributed by atoms with van der Waals surface area (Å²) in [5, 5.41) is 2.84. The molecule has 6 nitrogen and oxygen atoms in total. The molecule has 0 radical (unpaired) electrons. The Kier molecular flexibility index (Phi) is 6.54. The Hall–Kier alpha value is -1.73. The third-order valence-corrected chi connectivity index (χ3v) is 6.55. The van der Waals surface area contributed by atoms with Crippen LogP contribution >= 0.6 is 34.8 Å². The van der Waals surface area contributed by atoms with Crippen LogP contribution < -0.4 is 15.6 Å². The number of fused-ring (bicyclic) bond motifs is 4. The molecule has 0 aliphatic carbocycles. The number of aromatic nitrogens is 1. The van der Waals surface area contributed by atoms with E-state index < -0.39 is 9.96 Å². The van der Waals surface area contributed by atoms with Gasteiger partial charge in [-0.2, -0.15) is 0 Å². The van der Waals surface area contributed by atoms with Gasteiger partial charge < -0.3 is 14.6 Å². The number of hydrogen-bond acceptors (Lipinski definition) is 4. The Balaban J connectivity index is 1.47. The summed E-state index contributed by atoms with van der Waals surface area (Å²) in [5.74, 6) is 0.641. The van der Waals surface area contributed by atoms with Gasteiger partial charge in [-0.3, -0.25) is 14.5 Å². The first-order chi connectivity index (χ1) is 14.7. The second-order valence-electron chi connectivity index (χ2n) is 8.22. The van der Waals surface area contributed by atoms with Crippen molar-refractivity contribution in [2.45, 2.75) is 35.8 Å². The van der Waals surface area contributed by atoms with E-state index in [0.717, 1.165) is 17.7 Å². The number of halogens is 3. The number of nitrogens with one attached hydrogen (secondary N) is 1. The highest BCUT2D eigenvalue weighted by Crippen LogP contribution is 2.39. The second-order valence-corrected chi connectivity index (χ2v) is 10.6. The highest BCUT2D eigenvalue weighted by molar-refractivity contribution is 6.68. The van der Waals surface area contributed by atoms with Crippen LogP contribution in [0.4, 0.5) is 0 Å². The molecule has 0 saturated carbocycles. The number of benzene rings is 1. The smallest absolute Gasteiger partial charge is 0.259 e. The number of amides is 1. The number of piperidine rings is 1. The van der Waals surface area contributed by atoms with Crippen molar-refractivity contribution in [1.29, 1.82) is 0 Å². The maximum atomic E-state index is 12.6. The van der Waals surface area contributed by atoms with Gasteiger partial charge in [0.05, 0.1) is 0 Å². The molecule has 2 aromatic rings. The van der Waals surface area contributed by atoms with E-state index in [1.54, 1.807) is 18.2 Å². The zero-order valence-corrected chi connectivity index (χ0v) is 19.3. The van der Waals surface area contributed by atoms with Gasteiger partial charge in [-0.15, -0.1) is 0 Å². The van der Waals surface area contributed by atoms with Crippen molar-refractivity contribution in [1.82, 2.24) is 14.8 Å². The Bertz CT molecular complexity index is 1020. The van der Waals surface area contributed by atoms with Crippen LogP contribution in [0.5, 0.6) is 5.75 Å². The predicted octanol–water partition coefficient (Wildman–Crippen LogP) is 3.47. The zero-order chi connectivity index (χ0) is 22.2. The summed E-state index contributed by atoms with van der Waals surface area (Å²) >= 11 is 18.8. The van der Waals surface area contributed by atoms with Crippen molar-refractivity contribution in [3.05, 3.63) is 64.1 Å². The summed E-state index contributed by atoms with van der Waals surface area (Å²) in [6.45, 7) is 3.55. The predicted molar refractivity (Wildman–Crippen MR) is 122 cm³/mol. The van der Waals surface area contributed by atoms with Crippen molar-refractivity contribution >= 4 is 40.7 Å². The van der Waals surface area contributed by atoms with E-state index in [1.807, 2.05) is 40.7 Å². The lowest BCUT2D eigenvalue weighted by Gasteiger charge is -2.47. The largest absolute Gasteiger partial charge is 0.484 e. The van der Waals surface area contributed by atoms with Crippen molar-refractivity contribution < 1.29 is 9.53 Å². The van der Waals surface area contributed by atoms with Crippen LogP contribution in [-0.4, -0.2) is 45.0 Å². The lowest BCUT2D eigenvalue weighted by molar-refractivity contribution is -0.125. The second kappa shape index (κ2) is 9.02. The molecule has 2 aliphatic heterocycles. The van der Waals surface area contributed by atoms with Gasteiger partial charge in [0.2, 0.25) is 3.79 Å². The van der Waals surface area contributed by atoms with Crippen molar-refractivity contribution in [2.75, 3.05) is 19.7 Å². The van der Waals surface area contributed by atoms with E-state index in [2.05, 4.69) is 5.32 Å². The summed E-state index contributed by atoms with van der Waals surface area (Å²) in [4.78, 5) is 26.9. The number of aryl methyl sites for hydroxylation is 1. The number of alkyl halides is 3. The molecule has 2 bridgehead atoms. The maximum absolute atomic E-state index is 12.6. The molecule has 1 N–H and O–H groups in total. The van der Waals surface area contributed by atoms with E-state index >= 15 is 0 Å². The van der Waals surface area contributed by atoms with Crippen LogP contribution in [0, 0.1) is 12.8 Å². The van der Waals surface area contributed by atoms with E-state index in [-0.39, 0.29) is 29.9 Å². The fourth-order valence-electron chi connectivity index (χ4n) is 4.58.